The van der Waals surface area contributed by atoms with Crippen LogP contribution in [0.15, 0.2) is 52.4 Å². The van der Waals surface area contributed by atoms with Gasteiger partial charge in [-0.15, -0.1) is 0 Å². The van der Waals surface area contributed by atoms with Crippen molar-refractivity contribution in [2.24, 2.45) is 0 Å². The number of aryl methyl sites for hydroxylation is 1. The maximum absolute atomic E-state index is 13.0. The average molecular weight is 425 g/mol. The Kier molecular flexibility index (Phi) is 7.29. The number of nitrogens with zero attached hydrogens (tertiary/aromatic N) is 3. The van der Waals surface area contributed by atoms with Gasteiger partial charge in [0, 0.05) is 12.2 Å². The van der Waals surface area contributed by atoms with Crippen LogP contribution < -0.4 is 10.9 Å². The van der Waals surface area contributed by atoms with Gasteiger partial charge in [-0.2, -0.15) is 0 Å². The zero-order valence-electron chi connectivity index (χ0n) is 17.9. The van der Waals surface area contributed by atoms with Gasteiger partial charge in [-0.3, -0.25) is 14.2 Å². The molecule has 0 atom stereocenters. The number of hydrogen-bond acceptors (Lipinski definition) is 5. The number of carbonyl (C=O) groups is 1. The normalized spacial score (nSPS) is 11.2. The van der Waals surface area contributed by atoms with Crippen LogP contribution in [0.5, 0.6) is 0 Å². The fourth-order valence-electron chi connectivity index (χ4n) is 3.20. The van der Waals surface area contributed by atoms with E-state index < -0.39 is 0 Å². The number of para-hydroxylation sites is 1. The van der Waals surface area contributed by atoms with Gasteiger partial charge in [0.15, 0.2) is 5.16 Å². The van der Waals surface area contributed by atoms with E-state index in [1.807, 2.05) is 64.3 Å². The second-order valence-corrected chi connectivity index (χ2v) is 8.55. The Balaban J connectivity index is 1.80. The van der Waals surface area contributed by atoms with Gasteiger partial charge in [0.25, 0.3) is 5.56 Å². The van der Waals surface area contributed by atoms with Crippen molar-refractivity contribution in [1.82, 2.24) is 14.5 Å². The number of aromatic nitrogens is 2. The highest BCUT2D eigenvalue weighted by Gasteiger charge is 2.14. The predicted octanol–water partition coefficient (Wildman–Crippen LogP) is 3.70. The first-order valence-corrected chi connectivity index (χ1v) is 11.0. The van der Waals surface area contributed by atoms with Crippen LogP contribution in [0.3, 0.4) is 0 Å². The Labute approximate surface area is 181 Å². The fraction of sp³-hybridized carbons (Fsp3) is 0.348. The number of carbonyl (C=O) groups excluding carboxylic acids is 1. The van der Waals surface area contributed by atoms with Crippen molar-refractivity contribution in [1.29, 1.82) is 0 Å². The number of anilines is 1. The molecule has 0 aliphatic carbocycles. The number of fused-ring (bicyclic) bond motifs is 1. The Morgan fingerprint density at radius 3 is 2.67 bits per heavy atom. The zero-order chi connectivity index (χ0) is 21.7. The van der Waals surface area contributed by atoms with Crippen LogP contribution in [0.2, 0.25) is 0 Å². The standard InChI is InChI=1S/C23H28N4O2S/c1-16-9-7-12-19(17(16)2)24-21(28)15-30-23-25-20-11-6-5-10-18(20)22(29)27(23)14-8-13-26(3)4/h5-7,9-12H,8,13-15H2,1-4H3,(H,24,28). The maximum atomic E-state index is 13.0. The minimum atomic E-state index is -0.115. The summed E-state index contributed by atoms with van der Waals surface area (Å²) in [6.45, 7) is 5.45. The molecule has 3 aromatic rings. The lowest BCUT2D eigenvalue weighted by Gasteiger charge is -2.15. The summed E-state index contributed by atoms with van der Waals surface area (Å²) >= 11 is 1.30. The van der Waals surface area contributed by atoms with Gasteiger partial charge >= 0.3 is 0 Å². The van der Waals surface area contributed by atoms with Gasteiger partial charge in [0.1, 0.15) is 0 Å². The van der Waals surface area contributed by atoms with E-state index in [1.54, 1.807) is 10.6 Å². The largest absolute Gasteiger partial charge is 0.325 e. The first-order valence-electron chi connectivity index (χ1n) is 10.00. The molecule has 0 saturated heterocycles. The van der Waals surface area contributed by atoms with Crippen LogP contribution in [0.1, 0.15) is 17.5 Å². The van der Waals surface area contributed by atoms with E-state index in [1.165, 1.54) is 11.8 Å². The van der Waals surface area contributed by atoms with Crippen molar-refractivity contribution in [2.75, 3.05) is 31.7 Å². The molecule has 30 heavy (non-hydrogen) atoms. The van der Waals surface area contributed by atoms with Gasteiger partial charge in [0.05, 0.1) is 16.7 Å². The molecular weight excluding hydrogens is 396 g/mol. The molecule has 0 aliphatic heterocycles. The third-order valence-corrected chi connectivity index (χ3v) is 6.00. The van der Waals surface area contributed by atoms with E-state index in [2.05, 4.69) is 15.2 Å². The molecule has 0 radical (unpaired) electrons. The molecule has 2 aromatic carbocycles. The van der Waals surface area contributed by atoms with E-state index in [9.17, 15) is 9.59 Å². The van der Waals surface area contributed by atoms with Crippen LogP contribution in [0, 0.1) is 13.8 Å². The highest BCUT2D eigenvalue weighted by atomic mass is 32.2. The molecule has 7 heteroatoms. The molecule has 6 nitrogen and oxygen atoms in total. The molecule has 1 aromatic heterocycles. The van der Waals surface area contributed by atoms with Crippen molar-refractivity contribution < 1.29 is 4.79 Å². The van der Waals surface area contributed by atoms with Gasteiger partial charge in [-0.05, 0) is 70.2 Å². The zero-order valence-corrected chi connectivity index (χ0v) is 18.8. The number of rotatable bonds is 8. The lowest BCUT2D eigenvalue weighted by molar-refractivity contribution is -0.113. The minimum absolute atomic E-state index is 0.0585. The summed E-state index contributed by atoms with van der Waals surface area (Å²) in [5, 5.41) is 4.15. The van der Waals surface area contributed by atoms with E-state index in [0.29, 0.717) is 22.6 Å². The summed E-state index contributed by atoms with van der Waals surface area (Å²) in [6.07, 6.45) is 0.829. The van der Waals surface area contributed by atoms with Crippen LogP contribution in [0.25, 0.3) is 10.9 Å². The van der Waals surface area contributed by atoms with Crippen molar-refractivity contribution in [3.05, 3.63) is 63.9 Å². The Bertz CT molecular complexity index is 1110. The molecule has 0 fully saturated rings. The quantitative estimate of drug-likeness (QED) is 0.441. The van der Waals surface area contributed by atoms with Crippen molar-refractivity contribution in [3.8, 4) is 0 Å². The topological polar surface area (TPSA) is 67.2 Å². The Hall–Kier alpha value is -2.64. The molecule has 0 unspecified atom stereocenters. The molecule has 1 heterocycles. The molecule has 158 valence electrons. The Morgan fingerprint density at radius 2 is 1.90 bits per heavy atom. The Morgan fingerprint density at radius 1 is 1.13 bits per heavy atom. The van der Waals surface area contributed by atoms with Gasteiger partial charge in [-0.25, -0.2) is 4.98 Å². The van der Waals surface area contributed by atoms with Crippen molar-refractivity contribution in [3.63, 3.8) is 0 Å². The number of benzene rings is 2. The van der Waals surface area contributed by atoms with E-state index in [-0.39, 0.29) is 17.2 Å². The second kappa shape index (κ2) is 9.91. The van der Waals surface area contributed by atoms with Crippen LogP contribution >= 0.6 is 11.8 Å². The third-order valence-electron chi connectivity index (χ3n) is 5.02. The summed E-state index contributed by atoms with van der Waals surface area (Å²) in [5.74, 6) is 0.0715. The first kappa shape index (κ1) is 22.1. The molecule has 0 bridgehead atoms. The highest BCUT2D eigenvalue weighted by molar-refractivity contribution is 7.99. The van der Waals surface area contributed by atoms with Crippen LogP contribution in [-0.4, -0.2) is 46.8 Å². The summed E-state index contributed by atoms with van der Waals surface area (Å²) in [5.41, 5.74) is 3.60. The molecule has 0 aliphatic rings. The van der Waals surface area contributed by atoms with Gasteiger partial charge in [0.2, 0.25) is 5.91 Å². The molecular formula is C23H28N4O2S. The van der Waals surface area contributed by atoms with Crippen LogP contribution in [-0.2, 0) is 11.3 Å². The summed E-state index contributed by atoms with van der Waals surface area (Å²) in [4.78, 5) is 32.4. The number of nitrogens with one attached hydrogen (secondary N) is 1. The third kappa shape index (κ3) is 5.29. The second-order valence-electron chi connectivity index (χ2n) is 7.61. The van der Waals surface area contributed by atoms with Gasteiger partial charge in [-0.1, -0.05) is 36.0 Å². The first-order chi connectivity index (χ1) is 14.4. The van der Waals surface area contributed by atoms with Crippen molar-refractivity contribution in [2.45, 2.75) is 32.0 Å². The molecule has 1 N–H and O–H groups in total. The number of hydrogen-bond donors (Lipinski definition) is 1. The van der Waals surface area contributed by atoms with Gasteiger partial charge < -0.3 is 10.2 Å². The lowest BCUT2D eigenvalue weighted by Crippen LogP contribution is -2.26. The lowest BCUT2D eigenvalue weighted by atomic mass is 10.1. The van der Waals surface area contributed by atoms with Crippen LogP contribution in [0.4, 0.5) is 5.69 Å². The monoisotopic (exact) mass is 424 g/mol. The molecule has 1 amide bonds. The maximum Gasteiger partial charge on any atom is 0.262 e. The average Bonchev–Trinajstić information content (AvgIpc) is 2.71. The summed E-state index contributed by atoms with van der Waals surface area (Å²) < 4.78 is 1.70. The predicted molar refractivity (Wildman–Crippen MR) is 124 cm³/mol. The minimum Gasteiger partial charge on any atom is -0.325 e. The number of amides is 1. The summed E-state index contributed by atoms with van der Waals surface area (Å²) in [7, 11) is 4.02. The highest BCUT2D eigenvalue weighted by Crippen LogP contribution is 2.21. The smallest absolute Gasteiger partial charge is 0.262 e. The van der Waals surface area contributed by atoms with E-state index in [0.717, 1.165) is 29.8 Å². The van der Waals surface area contributed by atoms with Crippen molar-refractivity contribution >= 4 is 34.3 Å². The summed E-state index contributed by atoms with van der Waals surface area (Å²) in [6, 6.07) is 13.2. The molecule has 3 rings (SSSR count). The SMILES string of the molecule is Cc1cccc(NC(=O)CSc2nc3ccccc3c(=O)n2CCCN(C)C)c1C. The van der Waals surface area contributed by atoms with E-state index in [4.69, 9.17) is 0 Å². The number of thioether (sulfide) groups is 1. The molecule has 0 spiro atoms. The molecule has 0 saturated carbocycles. The van der Waals surface area contributed by atoms with E-state index >= 15 is 0 Å². The fourth-order valence-corrected chi connectivity index (χ4v) is 4.03.